The van der Waals surface area contributed by atoms with Crippen LogP contribution in [-0.4, -0.2) is 71.8 Å². The van der Waals surface area contributed by atoms with E-state index in [1.165, 1.54) is 6.08 Å². The van der Waals surface area contributed by atoms with E-state index in [0.29, 0.717) is 19.4 Å². The summed E-state index contributed by atoms with van der Waals surface area (Å²) in [5.41, 5.74) is -0.695. The van der Waals surface area contributed by atoms with Gasteiger partial charge in [0.05, 0.1) is 6.04 Å². The topological polar surface area (TPSA) is 134 Å². The number of piperidine rings is 1. The minimum Gasteiger partial charge on any atom is -0.446 e. The number of Topliss-reactive ketones (excluding diaryl/α,β-unsaturated/α-hetero) is 1. The van der Waals surface area contributed by atoms with E-state index < -0.39 is 47.2 Å². The predicted octanol–water partition coefficient (Wildman–Crippen LogP) is 3.35. The molecule has 6 atom stereocenters. The molecule has 3 rings (SSSR count). The normalized spacial score (nSPS) is 27.2. The summed E-state index contributed by atoms with van der Waals surface area (Å²) < 4.78 is 5.70. The van der Waals surface area contributed by atoms with Crippen LogP contribution >= 0.6 is 0 Å². The quantitative estimate of drug-likeness (QED) is 0.256. The lowest BCUT2D eigenvalue weighted by Gasteiger charge is -2.37. The van der Waals surface area contributed by atoms with Gasteiger partial charge in [-0.3, -0.25) is 19.2 Å². The Bertz CT molecular complexity index is 1060. The number of hydrogen-bond acceptors (Lipinski definition) is 6. The fourth-order valence-corrected chi connectivity index (χ4v) is 6.63. The molecular weight excluding hydrogens is 524 g/mol. The highest BCUT2D eigenvalue weighted by molar-refractivity contribution is 6.38. The third kappa shape index (κ3) is 7.30. The summed E-state index contributed by atoms with van der Waals surface area (Å²) in [7, 11) is 0. The van der Waals surface area contributed by atoms with E-state index in [4.69, 9.17) is 4.74 Å². The Morgan fingerprint density at radius 2 is 1.76 bits per heavy atom. The minimum atomic E-state index is -1.00. The maximum Gasteiger partial charge on any atom is 0.408 e. The molecule has 0 radical (unpaired) electrons. The van der Waals surface area contributed by atoms with Crippen molar-refractivity contribution >= 4 is 29.6 Å². The molecule has 10 heteroatoms. The average molecular weight is 575 g/mol. The number of carbonyl (C=O) groups excluding carboxylic acids is 5. The fraction of sp³-hybridized carbons (Fsp3) is 0.774. The summed E-state index contributed by atoms with van der Waals surface area (Å²) in [6.07, 6.45) is 4.02. The van der Waals surface area contributed by atoms with Gasteiger partial charge < -0.3 is 25.6 Å². The summed E-state index contributed by atoms with van der Waals surface area (Å²) in [5, 5.41) is 8.08. The highest BCUT2D eigenvalue weighted by Gasteiger charge is 2.70. The van der Waals surface area contributed by atoms with E-state index in [-0.39, 0.29) is 41.2 Å². The zero-order valence-electron chi connectivity index (χ0n) is 26.1. The molecule has 4 amide bonds. The lowest BCUT2D eigenvalue weighted by Crippen LogP contribution is -2.60. The van der Waals surface area contributed by atoms with Gasteiger partial charge in [-0.25, -0.2) is 4.79 Å². The smallest absolute Gasteiger partial charge is 0.408 e. The van der Waals surface area contributed by atoms with E-state index in [1.807, 2.05) is 27.7 Å². The van der Waals surface area contributed by atoms with Gasteiger partial charge in [-0.15, -0.1) is 6.58 Å². The first-order valence-electron chi connectivity index (χ1n) is 15.0. The molecule has 1 saturated heterocycles. The van der Waals surface area contributed by atoms with Gasteiger partial charge in [0.2, 0.25) is 17.6 Å². The van der Waals surface area contributed by atoms with E-state index in [1.54, 1.807) is 4.90 Å². The number of carbonyl (C=O) groups is 5. The van der Waals surface area contributed by atoms with Gasteiger partial charge >= 0.3 is 6.09 Å². The van der Waals surface area contributed by atoms with Crippen molar-refractivity contribution in [3.63, 3.8) is 0 Å². The van der Waals surface area contributed by atoms with Crippen LogP contribution in [0.4, 0.5) is 4.79 Å². The summed E-state index contributed by atoms with van der Waals surface area (Å²) >= 11 is 0. The van der Waals surface area contributed by atoms with Crippen LogP contribution < -0.4 is 16.0 Å². The van der Waals surface area contributed by atoms with Gasteiger partial charge in [0.25, 0.3) is 5.91 Å². The molecule has 1 aliphatic heterocycles. The Labute approximate surface area is 244 Å². The lowest BCUT2D eigenvalue weighted by atomic mass is 9.85. The molecule has 2 aliphatic carbocycles. The van der Waals surface area contributed by atoms with Crippen molar-refractivity contribution < 1.29 is 28.7 Å². The van der Waals surface area contributed by atoms with Gasteiger partial charge in [-0.05, 0) is 53.8 Å². The molecule has 3 N–H and O–H groups in total. The average Bonchev–Trinajstić information content (AvgIpc) is 3.19. The van der Waals surface area contributed by atoms with Crippen molar-refractivity contribution in [2.24, 2.45) is 28.1 Å². The molecule has 2 saturated carbocycles. The molecule has 3 fully saturated rings. The molecule has 0 aromatic heterocycles. The Morgan fingerprint density at radius 3 is 2.29 bits per heavy atom. The number of nitrogens with zero attached hydrogens (tertiary/aromatic N) is 1. The molecular formula is C31H50N4O6. The number of ether oxygens (including phenoxy) is 1. The van der Waals surface area contributed by atoms with Gasteiger partial charge in [-0.2, -0.15) is 0 Å². The van der Waals surface area contributed by atoms with Gasteiger partial charge in [-0.1, -0.05) is 67.9 Å². The fourth-order valence-electron chi connectivity index (χ4n) is 6.63. The molecule has 3 aliphatic rings. The maximum atomic E-state index is 14.1. The Morgan fingerprint density at radius 1 is 1.10 bits per heavy atom. The predicted molar refractivity (Wildman–Crippen MR) is 156 cm³/mol. The number of rotatable bonds is 11. The lowest BCUT2D eigenvalue weighted by molar-refractivity contribution is -0.145. The van der Waals surface area contributed by atoms with E-state index >= 15 is 0 Å². The van der Waals surface area contributed by atoms with E-state index in [0.717, 1.165) is 19.3 Å². The van der Waals surface area contributed by atoms with Crippen LogP contribution in [0.25, 0.3) is 0 Å². The van der Waals surface area contributed by atoms with Crippen molar-refractivity contribution in [1.82, 2.24) is 20.9 Å². The van der Waals surface area contributed by atoms with Gasteiger partial charge in [0.1, 0.15) is 18.2 Å². The highest BCUT2D eigenvalue weighted by atomic mass is 16.6. The van der Waals surface area contributed by atoms with Crippen molar-refractivity contribution in [2.75, 3.05) is 13.1 Å². The summed E-state index contributed by atoms with van der Waals surface area (Å²) in [6, 6.07) is -2.74. The van der Waals surface area contributed by atoms with Crippen LogP contribution in [0, 0.1) is 28.1 Å². The number of likely N-dealkylation sites (tertiary alicyclic amines) is 1. The van der Waals surface area contributed by atoms with Crippen LogP contribution in [0.1, 0.15) is 87.5 Å². The number of ketones is 1. The van der Waals surface area contributed by atoms with E-state index in [9.17, 15) is 24.0 Å². The molecule has 0 aromatic rings. The zero-order chi connectivity index (χ0) is 30.9. The number of alkyl carbamates (subject to hydrolysis) is 1. The Kier molecular flexibility index (Phi) is 9.65. The molecule has 4 unspecified atom stereocenters. The molecule has 230 valence electrons. The van der Waals surface area contributed by atoms with Gasteiger partial charge in [0.15, 0.2) is 0 Å². The van der Waals surface area contributed by atoms with Crippen LogP contribution in [0.15, 0.2) is 12.7 Å². The largest absolute Gasteiger partial charge is 0.446 e. The second-order valence-electron chi connectivity index (χ2n) is 14.5. The maximum absolute atomic E-state index is 14.1. The van der Waals surface area contributed by atoms with Crippen molar-refractivity contribution in [2.45, 2.75) is 112 Å². The number of amides is 4. The standard InChI is InChI=1S/C31H50N4O6/c1-10-12-20(23(36)26(38)32-15-11-2)33-25(37)22-21-19(31(21,8)9)17-35(22)27(39)24(29(3,4)5)34-28(40)41-18-13-14-30(6,7)16-18/h11,18-22,24H,2,10,12-17H2,1,3-9H3,(H,32,38)(H,33,37)(H,34,40)/t18?,19?,20?,21?,22-,24+/m0/s1. The molecule has 10 nitrogen and oxygen atoms in total. The molecule has 41 heavy (non-hydrogen) atoms. The second-order valence-corrected chi connectivity index (χ2v) is 14.5. The van der Waals surface area contributed by atoms with Crippen molar-refractivity contribution in [3.8, 4) is 0 Å². The molecule has 0 aromatic carbocycles. The zero-order valence-corrected chi connectivity index (χ0v) is 26.1. The van der Waals surface area contributed by atoms with Gasteiger partial charge in [0, 0.05) is 13.1 Å². The van der Waals surface area contributed by atoms with Crippen molar-refractivity contribution in [3.05, 3.63) is 12.7 Å². The SMILES string of the molecule is C=CCNC(=O)C(=O)C(CCC)NC(=O)[C@@H]1C2C(CN1C(=O)[C@@H](NC(=O)OC1CCC(C)(C)C1)C(C)(C)C)C2(C)C. The summed E-state index contributed by atoms with van der Waals surface area (Å²) in [4.78, 5) is 67.6. The number of hydrogen-bond donors (Lipinski definition) is 3. The van der Waals surface area contributed by atoms with Crippen LogP contribution in [0.5, 0.6) is 0 Å². The monoisotopic (exact) mass is 574 g/mol. The second kappa shape index (κ2) is 12.1. The Hall–Kier alpha value is -2.91. The summed E-state index contributed by atoms with van der Waals surface area (Å²) in [6.45, 7) is 19.9. The van der Waals surface area contributed by atoms with Crippen LogP contribution in [0.3, 0.4) is 0 Å². The van der Waals surface area contributed by atoms with Crippen LogP contribution in [0.2, 0.25) is 0 Å². The highest BCUT2D eigenvalue weighted by Crippen LogP contribution is 2.65. The minimum absolute atomic E-state index is 0.0910. The molecule has 0 bridgehead atoms. The Balaban J connectivity index is 1.78. The third-order valence-electron chi connectivity index (χ3n) is 9.17. The molecule has 1 heterocycles. The molecule has 0 spiro atoms. The summed E-state index contributed by atoms with van der Waals surface area (Å²) in [5.74, 6) is -2.29. The van der Waals surface area contributed by atoms with E-state index in [2.05, 4.69) is 50.2 Å². The van der Waals surface area contributed by atoms with Crippen LogP contribution in [-0.2, 0) is 23.9 Å². The third-order valence-corrected chi connectivity index (χ3v) is 9.17. The number of nitrogens with one attached hydrogen (secondary N) is 3. The first-order valence-corrected chi connectivity index (χ1v) is 15.0. The first-order chi connectivity index (χ1) is 18.9. The van der Waals surface area contributed by atoms with Crippen molar-refractivity contribution in [1.29, 1.82) is 0 Å². The first kappa shape index (κ1) is 32.6. The number of fused-ring (bicyclic) bond motifs is 1.